The van der Waals surface area contributed by atoms with E-state index in [0.29, 0.717) is 17.0 Å². The van der Waals surface area contributed by atoms with Crippen LogP contribution in [0.3, 0.4) is 0 Å². The highest BCUT2D eigenvalue weighted by Gasteiger charge is 2.37. The number of hydrogen-bond acceptors (Lipinski definition) is 5. The highest BCUT2D eigenvalue weighted by molar-refractivity contribution is 6.00. The van der Waals surface area contributed by atoms with Gasteiger partial charge in [-0.15, -0.1) is 0 Å². The third-order valence-corrected chi connectivity index (χ3v) is 5.33. The van der Waals surface area contributed by atoms with E-state index in [1.54, 1.807) is 54.3 Å². The summed E-state index contributed by atoms with van der Waals surface area (Å²) in [6.45, 7) is 2.10. The van der Waals surface area contributed by atoms with Crippen molar-refractivity contribution in [2.24, 2.45) is 5.92 Å². The minimum absolute atomic E-state index is 0.0181. The Bertz CT molecular complexity index is 945. The molecule has 2 aromatic rings. The molecule has 29 heavy (non-hydrogen) atoms. The van der Waals surface area contributed by atoms with Gasteiger partial charge >= 0.3 is 0 Å². The molecule has 2 amide bonds. The maximum atomic E-state index is 13.0. The molecule has 1 aliphatic heterocycles. The van der Waals surface area contributed by atoms with Crippen molar-refractivity contribution >= 4 is 23.2 Å². The number of nitrogens with zero attached hydrogens (tertiary/aromatic N) is 3. The molecular weight excluding hydrogens is 374 g/mol. The molecule has 152 valence electrons. The molecule has 8 nitrogen and oxygen atoms in total. The van der Waals surface area contributed by atoms with Gasteiger partial charge in [-0.05, 0) is 24.6 Å². The Labute approximate surface area is 168 Å². The molecule has 1 fully saturated rings. The lowest BCUT2D eigenvalue weighted by molar-refractivity contribution is -0.384. The number of carbonyl (C=O) groups is 2. The van der Waals surface area contributed by atoms with Crippen LogP contribution in [0, 0.1) is 16.0 Å². The van der Waals surface area contributed by atoms with Crippen LogP contribution in [0.2, 0.25) is 0 Å². The highest BCUT2D eigenvalue weighted by atomic mass is 16.6. The van der Waals surface area contributed by atoms with E-state index in [9.17, 15) is 19.7 Å². The first kappa shape index (κ1) is 20.3. The van der Waals surface area contributed by atoms with Crippen molar-refractivity contribution in [3.05, 3.63) is 64.2 Å². The first-order valence-electron chi connectivity index (χ1n) is 9.27. The van der Waals surface area contributed by atoms with Gasteiger partial charge < -0.3 is 14.5 Å². The van der Waals surface area contributed by atoms with E-state index >= 15 is 0 Å². The van der Waals surface area contributed by atoms with Gasteiger partial charge in [-0.25, -0.2) is 0 Å². The Morgan fingerprint density at radius 2 is 2.00 bits per heavy atom. The number of non-ortho nitro benzene ring substituents is 1. The van der Waals surface area contributed by atoms with Gasteiger partial charge in [0.1, 0.15) is 5.75 Å². The van der Waals surface area contributed by atoms with Crippen LogP contribution in [-0.4, -0.2) is 42.3 Å². The predicted octanol–water partition coefficient (Wildman–Crippen LogP) is 3.18. The number of anilines is 1. The summed E-state index contributed by atoms with van der Waals surface area (Å²) in [5, 5.41) is 11.0. The van der Waals surface area contributed by atoms with Crippen LogP contribution >= 0.6 is 0 Å². The lowest BCUT2D eigenvalue weighted by Gasteiger charge is -2.27. The Balaban J connectivity index is 1.73. The minimum atomic E-state index is -0.472. The molecule has 1 aliphatic rings. The molecule has 2 atom stereocenters. The first-order chi connectivity index (χ1) is 13.8. The number of rotatable bonds is 6. The van der Waals surface area contributed by atoms with Gasteiger partial charge in [0, 0.05) is 43.9 Å². The SMILES string of the molecule is COc1cccc(N2CC(C(=O)N(C)C(C)c3cccc([N+](=O)[O-])c3)CC2=O)c1. The van der Waals surface area contributed by atoms with Crippen molar-refractivity contribution in [2.75, 3.05) is 25.6 Å². The topological polar surface area (TPSA) is 93.0 Å². The number of ether oxygens (including phenoxy) is 1. The van der Waals surface area contributed by atoms with E-state index in [2.05, 4.69) is 0 Å². The first-order valence-corrected chi connectivity index (χ1v) is 9.27. The molecule has 0 N–H and O–H groups in total. The molecule has 1 saturated heterocycles. The molecular formula is C21H23N3O5. The van der Waals surface area contributed by atoms with Crippen LogP contribution in [0.5, 0.6) is 5.75 Å². The summed E-state index contributed by atoms with van der Waals surface area (Å²) in [6.07, 6.45) is 0.127. The Morgan fingerprint density at radius 1 is 1.28 bits per heavy atom. The van der Waals surface area contributed by atoms with Crippen LogP contribution in [0.4, 0.5) is 11.4 Å². The fourth-order valence-electron chi connectivity index (χ4n) is 3.50. The fourth-order valence-corrected chi connectivity index (χ4v) is 3.50. The molecule has 0 aromatic heterocycles. The normalized spacial score (nSPS) is 17.1. The molecule has 0 aliphatic carbocycles. The van der Waals surface area contributed by atoms with Crippen molar-refractivity contribution in [1.29, 1.82) is 0 Å². The van der Waals surface area contributed by atoms with Gasteiger partial charge in [0.2, 0.25) is 11.8 Å². The van der Waals surface area contributed by atoms with Crippen molar-refractivity contribution in [3.8, 4) is 5.75 Å². The van der Waals surface area contributed by atoms with Gasteiger partial charge in [-0.2, -0.15) is 0 Å². The Morgan fingerprint density at radius 3 is 2.69 bits per heavy atom. The van der Waals surface area contributed by atoms with E-state index in [1.807, 2.05) is 13.0 Å². The zero-order valence-electron chi connectivity index (χ0n) is 16.6. The number of benzene rings is 2. The van der Waals surface area contributed by atoms with Crippen LogP contribution in [0.15, 0.2) is 48.5 Å². The summed E-state index contributed by atoms with van der Waals surface area (Å²) in [5.74, 6) is -0.114. The highest BCUT2D eigenvalue weighted by Crippen LogP contribution is 2.31. The number of methoxy groups -OCH3 is 1. The molecule has 3 rings (SSSR count). The molecule has 2 unspecified atom stereocenters. The fraction of sp³-hybridized carbons (Fsp3) is 0.333. The summed E-state index contributed by atoms with van der Waals surface area (Å²) >= 11 is 0. The summed E-state index contributed by atoms with van der Waals surface area (Å²) in [5.41, 5.74) is 1.35. The molecule has 1 heterocycles. The second-order valence-corrected chi connectivity index (χ2v) is 7.08. The second-order valence-electron chi connectivity index (χ2n) is 7.08. The van der Waals surface area contributed by atoms with Crippen LogP contribution in [0.1, 0.15) is 24.9 Å². The summed E-state index contributed by atoms with van der Waals surface area (Å²) in [4.78, 5) is 39.2. The van der Waals surface area contributed by atoms with Gasteiger partial charge in [0.05, 0.1) is 24.0 Å². The predicted molar refractivity (Wildman–Crippen MR) is 108 cm³/mol. The van der Waals surface area contributed by atoms with Crippen LogP contribution in [-0.2, 0) is 9.59 Å². The largest absolute Gasteiger partial charge is 0.497 e. The maximum Gasteiger partial charge on any atom is 0.269 e. The van der Waals surface area contributed by atoms with E-state index in [-0.39, 0.29) is 36.5 Å². The molecule has 0 saturated carbocycles. The van der Waals surface area contributed by atoms with Gasteiger partial charge in [-0.1, -0.05) is 18.2 Å². The van der Waals surface area contributed by atoms with E-state index in [1.165, 1.54) is 12.1 Å². The number of carbonyl (C=O) groups excluding carboxylic acids is 2. The minimum Gasteiger partial charge on any atom is -0.497 e. The number of nitro groups is 1. The van der Waals surface area contributed by atoms with Crippen molar-refractivity contribution < 1.29 is 19.2 Å². The van der Waals surface area contributed by atoms with Crippen molar-refractivity contribution in [1.82, 2.24) is 4.90 Å². The smallest absolute Gasteiger partial charge is 0.269 e. The maximum absolute atomic E-state index is 13.0. The second kappa shape index (κ2) is 8.30. The monoisotopic (exact) mass is 397 g/mol. The quantitative estimate of drug-likeness (QED) is 0.551. The number of nitro benzene ring substituents is 1. The van der Waals surface area contributed by atoms with Gasteiger partial charge in [0.25, 0.3) is 5.69 Å². The molecule has 0 bridgehead atoms. The summed E-state index contributed by atoms with van der Waals surface area (Å²) in [6, 6.07) is 13.0. The summed E-state index contributed by atoms with van der Waals surface area (Å²) < 4.78 is 5.21. The third kappa shape index (κ3) is 4.21. The molecule has 0 spiro atoms. The van der Waals surface area contributed by atoms with Gasteiger partial charge in [0.15, 0.2) is 0 Å². The van der Waals surface area contributed by atoms with Crippen molar-refractivity contribution in [3.63, 3.8) is 0 Å². The standard InChI is InChI=1S/C21H23N3O5/c1-14(15-6-4-8-18(10-15)24(27)28)22(2)21(26)16-11-20(25)23(13-16)17-7-5-9-19(12-17)29-3/h4-10,12,14,16H,11,13H2,1-3H3. The molecule has 8 heteroatoms. The zero-order valence-corrected chi connectivity index (χ0v) is 16.6. The van der Waals surface area contributed by atoms with E-state index in [4.69, 9.17) is 4.74 Å². The number of amides is 2. The van der Waals surface area contributed by atoms with Gasteiger partial charge in [-0.3, -0.25) is 19.7 Å². The Hall–Kier alpha value is -3.42. The lowest BCUT2D eigenvalue weighted by Crippen LogP contribution is -2.36. The van der Waals surface area contributed by atoms with Crippen LogP contribution < -0.4 is 9.64 Å². The Kier molecular flexibility index (Phi) is 5.81. The summed E-state index contributed by atoms with van der Waals surface area (Å²) in [7, 11) is 3.21. The molecule has 2 aromatic carbocycles. The van der Waals surface area contributed by atoms with E-state index < -0.39 is 10.8 Å². The average Bonchev–Trinajstić information content (AvgIpc) is 3.13. The van der Waals surface area contributed by atoms with E-state index in [0.717, 1.165) is 0 Å². The third-order valence-electron chi connectivity index (χ3n) is 5.33. The zero-order chi connectivity index (χ0) is 21.1. The lowest BCUT2D eigenvalue weighted by atomic mass is 10.0. The average molecular weight is 397 g/mol. The number of hydrogen-bond donors (Lipinski definition) is 0. The van der Waals surface area contributed by atoms with Crippen molar-refractivity contribution in [2.45, 2.75) is 19.4 Å². The molecule has 0 radical (unpaired) electrons. The van der Waals surface area contributed by atoms with Crippen LogP contribution in [0.25, 0.3) is 0 Å².